The molecule has 0 saturated carbocycles. The number of carbonyl (C=O) groups excluding carboxylic acids is 2. The van der Waals surface area contributed by atoms with Gasteiger partial charge in [0.05, 0.1) is 29.3 Å². The smallest absolute Gasteiger partial charge is 0.408 e. The average Bonchev–Trinajstić information content (AvgIpc) is 3.36. The molecular weight excluding hydrogens is 466 g/mol. The van der Waals surface area contributed by atoms with E-state index in [-0.39, 0.29) is 23.7 Å². The summed E-state index contributed by atoms with van der Waals surface area (Å²) in [6.45, 7) is 3.23. The molecule has 0 aliphatic heterocycles. The van der Waals surface area contributed by atoms with E-state index in [4.69, 9.17) is 16.3 Å². The number of ether oxygens (including phenoxy) is 1. The zero-order valence-electron chi connectivity index (χ0n) is 18.1. The topological polar surface area (TPSA) is 147 Å². The molecule has 0 atom stereocenters. The van der Waals surface area contributed by atoms with Gasteiger partial charge in [-0.25, -0.2) is 14.3 Å². The van der Waals surface area contributed by atoms with Crippen LogP contribution in [0.1, 0.15) is 23.0 Å². The Morgan fingerprint density at radius 2 is 2.09 bits per heavy atom. The minimum Gasteiger partial charge on any atom is -0.462 e. The number of nitro groups is 1. The summed E-state index contributed by atoms with van der Waals surface area (Å²) >= 11 is 5.93. The Hall–Kier alpha value is -4.32. The second kappa shape index (κ2) is 9.27. The summed E-state index contributed by atoms with van der Waals surface area (Å²) in [5.74, 6) is -1.47. The molecule has 12 nitrogen and oxygen atoms in total. The molecule has 34 heavy (non-hydrogen) atoms. The summed E-state index contributed by atoms with van der Waals surface area (Å²) in [6, 6.07) is 8.71. The molecule has 174 valence electrons. The number of halogens is 1. The number of carbonyl (C=O) groups is 2. The number of hydrogen-bond acceptors (Lipinski definition) is 8. The van der Waals surface area contributed by atoms with Crippen molar-refractivity contribution in [2.24, 2.45) is 0 Å². The maximum absolute atomic E-state index is 12.6. The Morgan fingerprint density at radius 1 is 1.29 bits per heavy atom. The van der Waals surface area contributed by atoms with E-state index in [0.29, 0.717) is 28.3 Å². The van der Waals surface area contributed by atoms with Crippen molar-refractivity contribution in [2.75, 3.05) is 11.9 Å². The second-order valence-electron chi connectivity index (χ2n) is 7.11. The van der Waals surface area contributed by atoms with Crippen LogP contribution in [0.25, 0.3) is 16.9 Å². The van der Waals surface area contributed by atoms with E-state index >= 15 is 0 Å². The summed E-state index contributed by atoms with van der Waals surface area (Å²) in [6.07, 6.45) is 2.95. The van der Waals surface area contributed by atoms with E-state index < -0.39 is 22.6 Å². The highest BCUT2D eigenvalue weighted by Gasteiger charge is 2.25. The molecule has 4 rings (SSSR count). The number of nitrogens with one attached hydrogen (secondary N) is 1. The maximum Gasteiger partial charge on any atom is 0.408 e. The van der Waals surface area contributed by atoms with Crippen molar-refractivity contribution in [1.82, 2.24) is 24.4 Å². The molecule has 1 amide bonds. The highest BCUT2D eigenvalue weighted by Crippen LogP contribution is 2.27. The van der Waals surface area contributed by atoms with E-state index in [1.54, 1.807) is 44.3 Å². The molecule has 3 aromatic heterocycles. The monoisotopic (exact) mass is 483 g/mol. The van der Waals surface area contributed by atoms with Gasteiger partial charge < -0.3 is 20.2 Å². The number of aromatic nitrogens is 5. The van der Waals surface area contributed by atoms with Crippen LogP contribution in [-0.4, -0.2) is 47.8 Å². The van der Waals surface area contributed by atoms with Crippen molar-refractivity contribution in [3.05, 3.63) is 69.1 Å². The lowest BCUT2D eigenvalue weighted by atomic mass is 10.1. The quantitative estimate of drug-likeness (QED) is 0.239. The summed E-state index contributed by atoms with van der Waals surface area (Å²) in [7, 11) is 0. The number of nitrogens with zero attached hydrogens (tertiary/aromatic N) is 6. The van der Waals surface area contributed by atoms with Gasteiger partial charge in [-0.1, -0.05) is 23.7 Å². The number of fused-ring (bicyclic) bond motifs is 1. The van der Waals surface area contributed by atoms with Crippen molar-refractivity contribution in [1.29, 1.82) is 0 Å². The molecule has 4 aromatic rings. The van der Waals surface area contributed by atoms with Gasteiger partial charge in [0.2, 0.25) is 5.91 Å². The fraction of sp³-hybridized carbons (Fsp3) is 0.190. The van der Waals surface area contributed by atoms with Crippen LogP contribution in [0.5, 0.6) is 0 Å². The van der Waals surface area contributed by atoms with Crippen LogP contribution in [0.3, 0.4) is 0 Å². The zero-order valence-corrected chi connectivity index (χ0v) is 18.8. The molecule has 1 N–H and O–H groups in total. The van der Waals surface area contributed by atoms with Gasteiger partial charge in [0.15, 0.2) is 10.7 Å². The number of amides is 1. The Balaban J connectivity index is 1.58. The normalized spacial score (nSPS) is 10.9. The van der Waals surface area contributed by atoms with Crippen LogP contribution in [0.15, 0.2) is 42.7 Å². The van der Waals surface area contributed by atoms with E-state index in [0.717, 1.165) is 0 Å². The minimum absolute atomic E-state index is 0.108. The predicted molar refractivity (Wildman–Crippen MR) is 122 cm³/mol. The molecule has 0 aliphatic carbocycles. The van der Waals surface area contributed by atoms with Crippen molar-refractivity contribution >= 4 is 40.6 Å². The molecule has 0 aliphatic rings. The van der Waals surface area contributed by atoms with Gasteiger partial charge >= 0.3 is 11.8 Å². The Bertz CT molecular complexity index is 1430. The predicted octanol–water partition coefficient (Wildman–Crippen LogP) is 3.28. The van der Waals surface area contributed by atoms with E-state index in [1.165, 1.54) is 15.4 Å². The third-order valence-corrected chi connectivity index (χ3v) is 5.36. The lowest BCUT2D eigenvalue weighted by Gasteiger charge is -2.09. The van der Waals surface area contributed by atoms with E-state index in [9.17, 15) is 19.7 Å². The fourth-order valence-electron chi connectivity index (χ4n) is 3.33. The van der Waals surface area contributed by atoms with Crippen molar-refractivity contribution in [2.45, 2.75) is 20.4 Å². The van der Waals surface area contributed by atoms with Gasteiger partial charge in [-0.15, -0.1) is 0 Å². The van der Waals surface area contributed by atoms with Crippen LogP contribution in [-0.2, 0) is 16.1 Å². The lowest BCUT2D eigenvalue weighted by Crippen LogP contribution is -2.20. The summed E-state index contributed by atoms with van der Waals surface area (Å²) < 4.78 is 7.74. The largest absolute Gasteiger partial charge is 0.462 e. The van der Waals surface area contributed by atoms with Gasteiger partial charge in [-0.2, -0.15) is 9.78 Å². The van der Waals surface area contributed by atoms with Gasteiger partial charge in [0, 0.05) is 17.4 Å². The molecule has 0 fully saturated rings. The summed E-state index contributed by atoms with van der Waals surface area (Å²) in [4.78, 5) is 39.3. The molecule has 3 heterocycles. The SMILES string of the molecule is CCOC(=O)c1cnn2c(-c3cccc(NC(=O)Cn4nc([N+](=O)[O-])c(Cl)c4C)c3)ccnc12. The molecule has 13 heteroatoms. The number of esters is 1. The fourth-order valence-corrected chi connectivity index (χ4v) is 3.54. The molecule has 0 spiro atoms. The van der Waals surface area contributed by atoms with Gasteiger partial charge in [0.25, 0.3) is 0 Å². The second-order valence-corrected chi connectivity index (χ2v) is 7.49. The van der Waals surface area contributed by atoms with Crippen molar-refractivity contribution < 1.29 is 19.2 Å². The van der Waals surface area contributed by atoms with Crippen molar-refractivity contribution in [3.8, 4) is 11.3 Å². The molecule has 0 saturated heterocycles. The number of rotatable bonds is 7. The van der Waals surface area contributed by atoms with E-state index in [2.05, 4.69) is 20.5 Å². The maximum atomic E-state index is 12.6. The number of anilines is 1. The van der Waals surface area contributed by atoms with Gasteiger partial charge in [-0.05, 0) is 37.0 Å². The first-order valence-corrected chi connectivity index (χ1v) is 10.5. The molecule has 0 unspecified atom stereocenters. The molecule has 0 bridgehead atoms. The third kappa shape index (κ3) is 4.30. The van der Waals surface area contributed by atoms with Crippen molar-refractivity contribution in [3.63, 3.8) is 0 Å². The third-order valence-electron chi connectivity index (χ3n) is 4.92. The first kappa shape index (κ1) is 22.9. The Kier molecular flexibility index (Phi) is 6.23. The Morgan fingerprint density at radius 3 is 2.79 bits per heavy atom. The highest BCUT2D eigenvalue weighted by molar-refractivity contribution is 6.33. The van der Waals surface area contributed by atoms with Crippen LogP contribution < -0.4 is 5.32 Å². The van der Waals surface area contributed by atoms with Gasteiger partial charge in [-0.3, -0.25) is 4.79 Å². The summed E-state index contributed by atoms with van der Waals surface area (Å²) in [5.41, 5.74) is 2.73. The standard InChI is InChI=1S/C21H18ClN7O5/c1-3-34-21(31)15-10-24-28-16(7-8-23-19(15)28)13-5-4-6-14(9-13)25-17(30)11-27-12(2)18(22)20(26-27)29(32)33/h4-10H,3,11H2,1-2H3,(H,25,30). The lowest BCUT2D eigenvalue weighted by molar-refractivity contribution is -0.389. The average molecular weight is 484 g/mol. The van der Waals surface area contributed by atoms with Crippen LogP contribution in [0.4, 0.5) is 11.5 Å². The zero-order chi connectivity index (χ0) is 24.4. The highest BCUT2D eigenvalue weighted by atomic mass is 35.5. The Labute approximate surface area is 197 Å². The van der Waals surface area contributed by atoms with Crippen LogP contribution >= 0.6 is 11.6 Å². The summed E-state index contributed by atoms with van der Waals surface area (Å²) in [5, 5.41) is 21.7. The van der Waals surface area contributed by atoms with Gasteiger partial charge in [0.1, 0.15) is 12.1 Å². The first-order valence-electron chi connectivity index (χ1n) is 10.1. The number of benzene rings is 1. The minimum atomic E-state index is -0.703. The molecular formula is C21H18ClN7O5. The van der Waals surface area contributed by atoms with Crippen LogP contribution in [0, 0.1) is 17.0 Å². The molecule has 1 aromatic carbocycles. The number of hydrogen-bond donors (Lipinski definition) is 1. The molecule has 0 radical (unpaired) electrons. The van der Waals surface area contributed by atoms with E-state index in [1.807, 2.05) is 6.07 Å². The van der Waals surface area contributed by atoms with Crippen LogP contribution in [0.2, 0.25) is 5.02 Å². The first-order chi connectivity index (χ1) is 16.3.